The summed E-state index contributed by atoms with van der Waals surface area (Å²) >= 11 is 0. The lowest BCUT2D eigenvalue weighted by Crippen LogP contribution is -2.46. The molecule has 0 aromatic heterocycles. The fourth-order valence-corrected chi connectivity index (χ4v) is 2.51. The number of phenols is 1. The van der Waals surface area contributed by atoms with Crippen molar-refractivity contribution in [2.24, 2.45) is 11.8 Å². The van der Waals surface area contributed by atoms with E-state index in [2.05, 4.69) is 10.6 Å². The van der Waals surface area contributed by atoms with E-state index >= 15 is 0 Å². The SMILES string of the molecule is C[C@@H]1CNC[C@H]1C(=O)NC(Cc1ccc(O)cc1)C(=O)O. The van der Waals surface area contributed by atoms with E-state index in [1.807, 2.05) is 6.92 Å². The molecule has 1 saturated heterocycles. The van der Waals surface area contributed by atoms with Gasteiger partial charge in [-0.25, -0.2) is 4.79 Å². The molecule has 1 unspecified atom stereocenters. The molecule has 1 aromatic carbocycles. The third kappa shape index (κ3) is 3.95. The van der Waals surface area contributed by atoms with Crippen LogP contribution in [0.4, 0.5) is 0 Å². The number of amides is 1. The molecule has 1 aromatic rings. The Morgan fingerprint density at radius 1 is 1.33 bits per heavy atom. The van der Waals surface area contributed by atoms with Crippen LogP contribution in [0.5, 0.6) is 5.75 Å². The number of carbonyl (C=O) groups is 2. The van der Waals surface area contributed by atoms with Crippen molar-refractivity contribution in [3.63, 3.8) is 0 Å². The molecular formula is C15H20N2O4. The number of benzene rings is 1. The van der Waals surface area contributed by atoms with E-state index in [1.54, 1.807) is 12.1 Å². The number of carboxylic acids is 1. The first-order chi connectivity index (χ1) is 9.97. The smallest absolute Gasteiger partial charge is 0.326 e. The molecule has 0 spiro atoms. The van der Waals surface area contributed by atoms with Crippen LogP contribution >= 0.6 is 0 Å². The molecule has 3 atom stereocenters. The van der Waals surface area contributed by atoms with Gasteiger partial charge in [0.2, 0.25) is 5.91 Å². The molecule has 21 heavy (non-hydrogen) atoms. The summed E-state index contributed by atoms with van der Waals surface area (Å²) in [5.74, 6) is -1.14. The summed E-state index contributed by atoms with van der Waals surface area (Å²) in [6.07, 6.45) is 0.190. The molecule has 0 bridgehead atoms. The minimum absolute atomic E-state index is 0.125. The van der Waals surface area contributed by atoms with Gasteiger partial charge >= 0.3 is 5.97 Å². The fraction of sp³-hybridized carbons (Fsp3) is 0.467. The molecule has 1 heterocycles. The van der Waals surface area contributed by atoms with Gasteiger partial charge in [-0.3, -0.25) is 4.79 Å². The molecule has 1 fully saturated rings. The Balaban J connectivity index is 2.00. The van der Waals surface area contributed by atoms with E-state index < -0.39 is 12.0 Å². The Labute approximate surface area is 123 Å². The number of carbonyl (C=O) groups excluding carboxylic acids is 1. The lowest BCUT2D eigenvalue weighted by atomic mass is 9.96. The van der Waals surface area contributed by atoms with Gasteiger partial charge in [0.1, 0.15) is 11.8 Å². The van der Waals surface area contributed by atoms with Crippen molar-refractivity contribution in [3.05, 3.63) is 29.8 Å². The van der Waals surface area contributed by atoms with E-state index in [-0.39, 0.29) is 29.9 Å². The first-order valence-electron chi connectivity index (χ1n) is 6.99. The molecule has 0 saturated carbocycles. The van der Waals surface area contributed by atoms with E-state index in [0.717, 1.165) is 12.1 Å². The quantitative estimate of drug-likeness (QED) is 0.628. The van der Waals surface area contributed by atoms with E-state index in [0.29, 0.717) is 6.54 Å². The topological polar surface area (TPSA) is 98.7 Å². The highest BCUT2D eigenvalue weighted by Gasteiger charge is 2.32. The predicted molar refractivity (Wildman–Crippen MR) is 76.9 cm³/mol. The first kappa shape index (κ1) is 15.3. The average molecular weight is 292 g/mol. The van der Waals surface area contributed by atoms with Crippen LogP contribution in [-0.4, -0.2) is 41.2 Å². The van der Waals surface area contributed by atoms with Gasteiger partial charge in [0.15, 0.2) is 0 Å². The summed E-state index contributed by atoms with van der Waals surface area (Å²) in [7, 11) is 0. The summed E-state index contributed by atoms with van der Waals surface area (Å²) in [4.78, 5) is 23.5. The Morgan fingerprint density at radius 2 is 2.00 bits per heavy atom. The second kappa shape index (κ2) is 6.58. The third-order valence-corrected chi connectivity index (χ3v) is 3.84. The Kier molecular flexibility index (Phi) is 4.80. The number of aromatic hydroxyl groups is 1. The summed E-state index contributed by atoms with van der Waals surface area (Å²) in [5.41, 5.74) is 0.748. The van der Waals surface area contributed by atoms with Crippen molar-refractivity contribution in [2.75, 3.05) is 13.1 Å². The van der Waals surface area contributed by atoms with Crippen LogP contribution < -0.4 is 10.6 Å². The minimum atomic E-state index is -1.06. The van der Waals surface area contributed by atoms with Gasteiger partial charge in [-0.15, -0.1) is 0 Å². The van der Waals surface area contributed by atoms with Gasteiger partial charge in [-0.1, -0.05) is 19.1 Å². The second-order valence-corrected chi connectivity index (χ2v) is 5.51. The van der Waals surface area contributed by atoms with Gasteiger partial charge in [0, 0.05) is 13.0 Å². The van der Waals surface area contributed by atoms with Crippen molar-refractivity contribution in [1.82, 2.24) is 10.6 Å². The molecule has 114 valence electrons. The van der Waals surface area contributed by atoms with Crippen molar-refractivity contribution in [1.29, 1.82) is 0 Å². The minimum Gasteiger partial charge on any atom is -0.508 e. The maximum atomic E-state index is 12.2. The zero-order valence-electron chi connectivity index (χ0n) is 11.9. The lowest BCUT2D eigenvalue weighted by Gasteiger charge is -2.19. The van der Waals surface area contributed by atoms with Crippen LogP contribution in [0.2, 0.25) is 0 Å². The first-order valence-corrected chi connectivity index (χ1v) is 6.99. The average Bonchev–Trinajstić information content (AvgIpc) is 2.86. The van der Waals surface area contributed by atoms with Crippen molar-refractivity contribution in [3.8, 4) is 5.75 Å². The monoisotopic (exact) mass is 292 g/mol. The standard InChI is InChI=1S/C15H20N2O4/c1-9-7-16-8-12(9)14(19)17-13(15(20)21)6-10-2-4-11(18)5-3-10/h2-5,9,12-13,16,18H,6-8H2,1H3,(H,17,19)(H,20,21)/t9-,12-,13?/m1/s1. The number of hydrogen-bond acceptors (Lipinski definition) is 4. The number of phenolic OH excluding ortho intramolecular Hbond substituents is 1. The number of rotatable bonds is 5. The number of carboxylic acid groups (broad SMARTS) is 1. The molecule has 0 radical (unpaired) electrons. The third-order valence-electron chi connectivity index (χ3n) is 3.84. The molecule has 4 N–H and O–H groups in total. The highest BCUT2D eigenvalue weighted by atomic mass is 16.4. The molecule has 1 aliphatic rings. The number of hydrogen-bond donors (Lipinski definition) is 4. The molecule has 0 aliphatic carbocycles. The second-order valence-electron chi connectivity index (χ2n) is 5.51. The van der Waals surface area contributed by atoms with E-state index in [4.69, 9.17) is 0 Å². The largest absolute Gasteiger partial charge is 0.508 e. The zero-order chi connectivity index (χ0) is 15.4. The summed E-state index contributed by atoms with van der Waals surface area (Å²) in [6, 6.07) is 5.33. The molecule has 6 heteroatoms. The maximum absolute atomic E-state index is 12.2. The van der Waals surface area contributed by atoms with Crippen molar-refractivity contribution >= 4 is 11.9 Å². The number of nitrogens with one attached hydrogen (secondary N) is 2. The van der Waals surface area contributed by atoms with Crippen molar-refractivity contribution in [2.45, 2.75) is 19.4 Å². The van der Waals surface area contributed by atoms with Crippen LogP contribution in [-0.2, 0) is 16.0 Å². The van der Waals surface area contributed by atoms with Crippen LogP contribution in [0.25, 0.3) is 0 Å². The Morgan fingerprint density at radius 3 is 2.52 bits per heavy atom. The molecule has 6 nitrogen and oxygen atoms in total. The Hall–Kier alpha value is -2.08. The maximum Gasteiger partial charge on any atom is 0.326 e. The molecule has 2 rings (SSSR count). The lowest BCUT2D eigenvalue weighted by molar-refractivity contribution is -0.142. The van der Waals surface area contributed by atoms with Gasteiger partial charge in [0.05, 0.1) is 5.92 Å². The van der Waals surface area contributed by atoms with Crippen LogP contribution in [0.1, 0.15) is 12.5 Å². The normalized spacial score (nSPS) is 22.7. The highest BCUT2D eigenvalue weighted by molar-refractivity contribution is 5.85. The highest BCUT2D eigenvalue weighted by Crippen LogP contribution is 2.17. The predicted octanol–water partition coefficient (Wildman–Crippen LogP) is 0.360. The van der Waals surface area contributed by atoms with Gasteiger partial charge in [0.25, 0.3) is 0 Å². The fourth-order valence-electron chi connectivity index (χ4n) is 2.51. The van der Waals surface area contributed by atoms with Crippen LogP contribution in [0, 0.1) is 11.8 Å². The summed E-state index contributed by atoms with van der Waals surface area (Å²) in [6.45, 7) is 3.33. The van der Waals surface area contributed by atoms with Gasteiger partial charge < -0.3 is 20.8 Å². The van der Waals surface area contributed by atoms with Gasteiger partial charge in [-0.05, 0) is 30.2 Å². The van der Waals surface area contributed by atoms with Crippen LogP contribution in [0.3, 0.4) is 0 Å². The summed E-state index contributed by atoms with van der Waals surface area (Å²) in [5, 5.41) is 24.2. The molecular weight excluding hydrogens is 272 g/mol. The number of aliphatic carboxylic acids is 1. The van der Waals surface area contributed by atoms with E-state index in [1.165, 1.54) is 12.1 Å². The van der Waals surface area contributed by atoms with Gasteiger partial charge in [-0.2, -0.15) is 0 Å². The summed E-state index contributed by atoms with van der Waals surface area (Å²) < 4.78 is 0. The Bertz CT molecular complexity index is 515. The van der Waals surface area contributed by atoms with Crippen LogP contribution in [0.15, 0.2) is 24.3 Å². The molecule has 1 amide bonds. The zero-order valence-corrected chi connectivity index (χ0v) is 11.9. The van der Waals surface area contributed by atoms with E-state index in [9.17, 15) is 19.8 Å². The molecule has 1 aliphatic heterocycles. The van der Waals surface area contributed by atoms with Crippen molar-refractivity contribution < 1.29 is 19.8 Å².